The van der Waals surface area contributed by atoms with E-state index >= 15 is 0 Å². The van der Waals surface area contributed by atoms with Gasteiger partial charge in [0.05, 0.1) is 0 Å². The molecule has 0 spiro atoms. The molecule has 1 heterocycles. The van der Waals surface area contributed by atoms with Gasteiger partial charge < -0.3 is 15.5 Å². The minimum absolute atomic E-state index is 0.0150. The van der Waals surface area contributed by atoms with Crippen LogP contribution in [-0.2, 0) is 4.79 Å². The Bertz CT molecular complexity index is 242. The number of hydrogen-bond donors (Lipinski definition) is 1. The molecule has 0 radical (unpaired) electrons. The summed E-state index contributed by atoms with van der Waals surface area (Å²) >= 11 is 0. The minimum Gasteiger partial charge on any atom is -0.341 e. The number of carbonyl (C=O) groups excluding carboxylic acids is 1. The van der Waals surface area contributed by atoms with Crippen LogP contribution in [0.2, 0.25) is 0 Å². The predicted molar refractivity (Wildman–Crippen MR) is 66.1 cm³/mol. The molecule has 0 saturated carbocycles. The second-order valence-electron chi connectivity index (χ2n) is 5.18. The van der Waals surface area contributed by atoms with Crippen molar-refractivity contribution in [2.45, 2.75) is 38.8 Å². The van der Waals surface area contributed by atoms with Crippen LogP contribution in [0.3, 0.4) is 0 Å². The van der Waals surface area contributed by atoms with Crippen molar-refractivity contribution in [2.75, 3.05) is 27.2 Å². The molecular weight excluding hydrogens is 202 g/mol. The highest BCUT2D eigenvalue weighted by Gasteiger charge is 2.33. The van der Waals surface area contributed by atoms with Gasteiger partial charge in [0.15, 0.2) is 0 Å². The summed E-state index contributed by atoms with van der Waals surface area (Å²) in [6.07, 6.45) is 1.36. The van der Waals surface area contributed by atoms with Gasteiger partial charge in [0.25, 0.3) is 0 Å². The first-order valence-electron chi connectivity index (χ1n) is 6.15. The van der Waals surface area contributed by atoms with Crippen LogP contribution in [0.4, 0.5) is 0 Å². The van der Waals surface area contributed by atoms with Crippen LogP contribution in [0.1, 0.15) is 26.7 Å². The first kappa shape index (κ1) is 13.5. The highest BCUT2D eigenvalue weighted by Crippen LogP contribution is 2.20. The third-order valence-corrected chi connectivity index (χ3v) is 3.55. The monoisotopic (exact) mass is 227 g/mol. The smallest absolute Gasteiger partial charge is 0.224 e. The summed E-state index contributed by atoms with van der Waals surface area (Å²) in [6.45, 7) is 5.95. The third-order valence-electron chi connectivity index (χ3n) is 3.55. The SMILES string of the molecule is CCC(N)CC(=O)N1CC(C)C(N(C)C)C1. The average molecular weight is 227 g/mol. The highest BCUT2D eigenvalue weighted by molar-refractivity contribution is 5.77. The van der Waals surface area contributed by atoms with Crippen LogP contribution in [0.25, 0.3) is 0 Å². The summed E-state index contributed by atoms with van der Waals surface area (Å²) in [5, 5.41) is 0. The molecule has 0 aromatic heterocycles. The lowest BCUT2D eigenvalue weighted by Gasteiger charge is -2.22. The molecule has 4 heteroatoms. The standard InChI is InChI=1S/C12H25N3O/c1-5-10(13)6-12(16)15-7-9(2)11(8-15)14(3)4/h9-11H,5-8,13H2,1-4H3. The van der Waals surface area contributed by atoms with Gasteiger partial charge in [0.2, 0.25) is 5.91 Å². The van der Waals surface area contributed by atoms with Crippen molar-refractivity contribution < 1.29 is 4.79 Å². The first-order valence-corrected chi connectivity index (χ1v) is 6.15. The summed E-state index contributed by atoms with van der Waals surface area (Å²) in [4.78, 5) is 16.1. The molecule has 16 heavy (non-hydrogen) atoms. The molecule has 0 aromatic carbocycles. The summed E-state index contributed by atoms with van der Waals surface area (Å²) in [5.41, 5.74) is 5.81. The largest absolute Gasteiger partial charge is 0.341 e. The number of amides is 1. The van der Waals surface area contributed by atoms with E-state index in [0.717, 1.165) is 19.5 Å². The number of rotatable bonds is 4. The van der Waals surface area contributed by atoms with Gasteiger partial charge in [-0.15, -0.1) is 0 Å². The lowest BCUT2D eigenvalue weighted by Crippen LogP contribution is -2.37. The van der Waals surface area contributed by atoms with Gasteiger partial charge in [-0.3, -0.25) is 4.79 Å². The van der Waals surface area contributed by atoms with Gasteiger partial charge in [-0.25, -0.2) is 0 Å². The highest BCUT2D eigenvalue weighted by atomic mass is 16.2. The molecule has 1 aliphatic heterocycles. The Labute approximate surface area is 98.8 Å². The van der Waals surface area contributed by atoms with E-state index in [9.17, 15) is 4.79 Å². The molecule has 1 saturated heterocycles. The molecule has 0 bridgehead atoms. The number of nitrogens with zero attached hydrogens (tertiary/aromatic N) is 2. The Balaban J connectivity index is 2.48. The number of likely N-dealkylation sites (tertiary alicyclic amines) is 1. The Morgan fingerprint density at radius 1 is 1.50 bits per heavy atom. The fraction of sp³-hybridized carbons (Fsp3) is 0.917. The molecule has 1 amide bonds. The van der Waals surface area contributed by atoms with Crippen molar-refractivity contribution >= 4 is 5.91 Å². The molecule has 1 rings (SSSR count). The van der Waals surface area contributed by atoms with Crippen molar-refractivity contribution in [3.63, 3.8) is 0 Å². The molecule has 0 aliphatic carbocycles. The van der Waals surface area contributed by atoms with E-state index in [1.165, 1.54) is 0 Å². The number of nitrogens with two attached hydrogens (primary N) is 1. The van der Waals surface area contributed by atoms with Crippen molar-refractivity contribution in [2.24, 2.45) is 11.7 Å². The molecule has 3 unspecified atom stereocenters. The molecule has 3 atom stereocenters. The van der Waals surface area contributed by atoms with Crippen molar-refractivity contribution in [3.05, 3.63) is 0 Å². The fourth-order valence-corrected chi connectivity index (χ4v) is 2.32. The average Bonchev–Trinajstić information content (AvgIpc) is 2.60. The van der Waals surface area contributed by atoms with E-state index in [-0.39, 0.29) is 11.9 Å². The third kappa shape index (κ3) is 3.19. The number of likely N-dealkylation sites (N-methyl/N-ethyl adjacent to an activating group) is 1. The van der Waals surface area contributed by atoms with E-state index in [1.807, 2.05) is 11.8 Å². The normalized spacial score (nSPS) is 27.5. The number of carbonyl (C=O) groups is 1. The van der Waals surface area contributed by atoms with Gasteiger partial charge in [-0.05, 0) is 26.4 Å². The Morgan fingerprint density at radius 3 is 2.56 bits per heavy atom. The van der Waals surface area contributed by atoms with E-state index < -0.39 is 0 Å². The summed E-state index contributed by atoms with van der Waals surface area (Å²) in [6, 6.07) is 0.503. The second-order valence-corrected chi connectivity index (χ2v) is 5.18. The maximum absolute atomic E-state index is 12.0. The molecule has 1 fully saturated rings. The van der Waals surface area contributed by atoms with Gasteiger partial charge >= 0.3 is 0 Å². The lowest BCUT2D eigenvalue weighted by molar-refractivity contribution is -0.130. The Hall–Kier alpha value is -0.610. The van der Waals surface area contributed by atoms with Crippen LogP contribution in [0.5, 0.6) is 0 Å². The fourth-order valence-electron chi connectivity index (χ4n) is 2.32. The van der Waals surface area contributed by atoms with Crippen LogP contribution in [0.15, 0.2) is 0 Å². The lowest BCUT2D eigenvalue weighted by atomic mass is 10.1. The van der Waals surface area contributed by atoms with E-state index in [1.54, 1.807) is 0 Å². The molecule has 2 N–H and O–H groups in total. The zero-order chi connectivity index (χ0) is 12.3. The predicted octanol–water partition coefficient (Wildman–Crippen LogP) is 0.522. The van der Waals surface area contributed by atoms with Gasteiger partial charge in [0.1, 0.15) is 0 Å². The van der Waals surface area contributed by atoms with Crippen LogP contribution in [-0.4, -0.2) is 55.0 Å². The topological polar surface area (TPSA) is 49.6 Å². The molecular formula is C12H25N3O. The van der Waals surface area contributed by atoms with Crippen molar-refractivity contribution in [1.29, 1.82) is 0 Å². The second kappa shape index (κ2) is 5.64. The van der Waals surface area contributed by atoms with Crippen LogP contribution >= 0.6 is 0 Å². The molecule has 0 aromatic rings. The first-order chi connectivity index (χ1) is 7.45. The summed E-state index contributed by atoms with van der Waals surface area (Å²) in [5.74, 6) is 0.766. The molecule has 1 aliphatic rings. The minimum atomic E-state index is 0.0150. The summed E-state index contributed by atoms with van der Waals surface area (Å²) in [7, 11) is 4.15. The molecule has 4 nitrogen and oxygen atoms in total. The van der Waals surface area contributed by atoms with Crippen molar-refractivity contribution in [3.8, 4) is 0 Å². The maximum atomic E-state index is 12.0. The van der Waals surface area contributed by atoms with E-state index in [0.29, 0.717) is 18.4 Å². The van der Waals surface area contributed by atoms with E-state index in [4.69, 9.17) is 5.73 Å². The van der Waals surface area contributed by atoms with Crippen LogP contribution in [0, 0.1) is 5.92 Å². The maximum Gasteiger partial charge on any atom is 0.224 e. The quantitative estimate of drug-likeness (QED) is 0.762. The Morgan fingerprint density at radius 2 is 2.12 bits per heavy atom. The summed E-state index contributed by atoms with van der Waals surface area (Å²) < 4.78 is 0. The Kier molecular flexibility index (Phi) is 4.74. The van der Waals surface area contributed by atoms with Gasteiger partial charge in [-0.1, -0.05) is 13.8 Å². The van der Waals surface area contributed by atoms with Crippen molar-refractivity contribution in [1.82, 2.24) is 9.80 Å². The van der Waals surface area contributed by atoms with E-state index in [2.05, 4.69) is 25.9 Å². The van der Waals surface area contributed by atoms with Crippen LogP contribution < -0.4 is 5.73 Å². The van der Waals surface area contributed by atoms with Gasteiger partial charge in [-0.2, -0.15) is 0 Å². The zero-order valence-electron chi connectivity index (χ0n) is 10.9. The molecule has 94 valence electrons. The number of hydrogen-bond acceptors (Lipinski definition) is 3. The zero-order valence-corrected chi connectivity index (χ0v) is 10.9. The van der Waals surface area contributed by atoms with Gasteiger partial charge in [0, 0.05) is 31.6 Å².